The monoisotopic (exact) mass is 718 g/mol. The maximum absolute atomic E-state index is 14.2. The van der Waals surface area contributed by atoms with Gasteiger partial charge in [-0.1, -0.05) is 45.4 Å². The van der Waals surface area contributed by atoms with Gasteiger partial charge in [-0.15, -0.1) is 0 Å². The van der Waals surface area contributed by atoms with Crippen molar-refractivity contribution in [2.45, 2.75) is 119 Å². The minimum Gasteiger partial charge on any atom is -0.324 e. The molecule has 0 atom stereocenters. The zero-order chi connectivity index (χ0) is 36.9. The average molecular weight is 719 g/mol. The van der Waals surface area contributed by atoms with Crippen LogP contribution < -0.4 is 0 Å². The number of hydrogen-bond donors (Lipinski definition) is 0. The smallest absolute Gasteiger partial charge is 0.324 e. The number of quaternary nitrogens is 2. The molecule has 0 aromatic heterocycles. The summed E-state index contributed by atoms with van der Waals surface area (Å²) in [4.78, 5) is 0. The van der Waals surface area contributed by atoms with E-state index < -0.39 is 67.0 Å². The highest BCUT2D eigenvalue weighted by Crippen LogP contribution is 2.64. The Balaban J connectivity index is 5.49. The maximum atomic E-state index is 14.2. The Labute approximate surface area is 257 Å². The first-order chi connectivity index (χ1) is 20.2. The minimum atomic E-state index is -8.60. The van der Waals surface area contributed by atoms with Crippen LogP contribution in [0.5, 0.6) is 0 Å². The minimum absolute atomic E-state index is 0.190. The zero-order valence-corrected chi connectivity index (χ0v) is 26.2. The lowest BCUT2D eigenvalue weighted by Gasteiger charge is -2.43. The Kier molecular flexibility index (Phi) is 14.7. The summed E-state index contributed by atoms with van der Waals surface area (Å²) in [6.07, 6.45) is -2.73. The van der Waals surface area contributed by atoms with Gasteiger partial charge in [-0.3, -0.25) is 0 Å². The van der Waals surface area contributed by atoms with E-state index in [1.54, 1.807) is 0 Å². The van der Waals surface area contributed by atoms with Gasteiger partial charge in [-0.05, 0) is 12.8 Å². The van der Waals surface area contributed by atoms with Crippen molar-refractivity contribution >= 4 is 0 Å². The van der Waals surface area contributed by atoms with Crippen molar-refractivity contribution < 1.29 is 83.6 Å². The summed E-state index contributed by atoms with van der Waals surface area (Å²) in [5.41, 5.74) is 0. The summed E-state index contributed by atoms with van der Waals surface area (Å²) in [6, 6.07) is 0. The van der Waals surface area contributed by atoms with E-state index in [0.717, 1.165) is 51.5 Å². The molecule has 0 spiro atoms. The van der Waals surface area contributed by atoms with E-state index in [9.17, 15) is 74.6 Å². The summed E-state index contributed by atoms with van der Waals surface area (Å²) in [7, 11) is 6.59. The van der Waals surface area contributed by atoms with Gasteiger partial charge in [0.15, 0.2) is 0 Å². The standard InChI is InChI=1S/C27H43F17N2/c1-6-7-8-9-10-11-12-13-16-45(2,3)18-19-46(4,5)17-14-15-20(28,29)21(30,31)22(32,33)23(34,35)24(36,37)25(38,39)26(40,41)27(42,43)44/h6-19H2,1-5H3/q+2. The first kappa shape index (κ1) is 44.7. The number of unbranched alkanes of at least 4 members (excludes halogenated alkanes) is 7. The molecule has 0 aliphatic carbocycles. The fraction of sp³-hybridized carbons (Fsp3) is 1.00. The van der Waals surface area contributed by atoms with E-state index in [0.29, 0.717) is 11.0 Å². The Morgan fingerprint density at radius 3 is 1.02 bits per heavy atom. The molecule has 0 saturated carbocycles. The Bertz CT molecular complexity index is 928. The number of nitrogens with zero attached hydrogens (tertiary/aromatic N) is 2. The van der Waals surface area contributed by atoms with Crippen LogP contribution in [0.25, 0.3) is 0 Å². The van der Waals surface area contributed by atoms with Gasteiger partial charge >= 0.3 is 47.6 Å². The highest BCUT2D eigenvalue weighted by atomic mass is 19.4. The highest BCUT2D eigenvalue weighted by molar-refractivity contribution is 5.15. The molecule has 0 aromatic carbocycles. The quantitative estimate of drug-likeness (QED) is 0.0594. The van der Waals surface area contributed by atoms with E-state index in [2.05, 4.69) is 6.92 Å². The van der Waals surface area contributed by atoms with Crippen LogP contribution in [0.4, 0.5) is 74.6 Å². The summed E-state index contributed by atoms with van der Waals surface area (Å²) in [5, 5.41) is 0. The third-order valence-electron chi connectivity index (χ3n) is 7.97. The summed E-state index contributed by atoms with van der Waals surface area (Å²) < 4.78 is 229. The number of alkyl halides is 17. The zero-order valence-electron chi connectivity index (χ0n) is 26.2. The molecule has 0 aromatic rings. The molecular weight excluding hydrogens is 675 g/mol. The summed E-state index contributed by atoms with van der Waals surface area (Å²) in [6.45, 7) is 2.99. The molecule has 0 amide bonds. The number of halogens is 17. The van der Waals surface area contributed by atoms with Crippen molar-refractivity contribution in [3.63, 3.8) is 0 Å². The van der Waals surface area contributed by atoms with Crippen LogP contribution in [0.1, 0.15) is 71.1 Å². The van der Waals surface area contributed by atoms with Crippen molar-refractivity contribution in [2.75, 3.05) is 54.4 Å². The lowest BCUT2D eigenvalue weighted by atomic mass is 9.88. The molecule has 0 aliphatic rings. The predicted octanol–water partition coefficient (Wildman–Crippen LogP) is 10.1. The first-order valence-corrected chi connectivity index (χ1v) is 14.6. The van der Waals surface area contributed by atoms with Crippen LogP contribution in [-0.2, 0) is 0 Å². The van der Waals surface area contributed by atoms with E-state index >= 15 is 0 Å². The predicted molar refractivity (Wildman–Crippen MR) is 136 cm³/mol. The Morgan fingerprint density at radius 2 is 0.652 bits per heavy atom. The lowest BCUT2D eigenvalue weighted by molar-refractivity contribution is -0.946. The SMILES string of the molecule is CCCCCCCCCC[N+](C)(C)CC[N+](C)(C)CCCC(F)(F)C(F)(F)C(F)(F)C(F)(F)C(F)(F)C(F)(F)C(F)(F)C(F)(F)F. The van der Waals surface area contributed by atoms with Crippen LogP contribution in [0.2, 0.25) is 0 Å². The molecule has 0 aliphatic heterocycles. The van der Waals surface area contributed by atoms with Crippen molar-refractivity contribution in [2.24, 2.45) is 0 Å². The Morgan fingerprint density at radius 1 is 0.348 bits per heavy atom. The van der Waals surface area contributed by atoms with Crippen molar-refractivity contribution in [1.29, 1.82) is 0 Å². The number of likely N-dealkylation sites (N-methyl/N-ethyl adjacent to an activating group) is 2. The second-order valence-corrected chi connectivity index (χ2v) is 13.0. The molecule has 0 bridgehead atoms. The van der Waals surface area contributed by atoms with Gasteiger partial charge in [0.2, 0.25) is 0 Å². The van der Waals surface area contributed by atoms with Crippen molar-refractivity contribution in [3.8, 4) is 0 Å². The summed E-state index contributed by atoms with van der Waals surface area (Å²) in [5.74, 6) is -55.9. The first-order valence-electron chi connectivity index (χ1n) is 14.6. The molecule has 0 unspecified atom stereocenters. The summed E-state index contributed by atoms with van der Waals surface area (Å²) >= 11 is 0. The van der Waals surface area contributed by atoms with E-state index in [4.69, 9.17) is 0 Å². The van der Waals surface area contributed by atoms with Crippen molar-refractivity contribution in [3.05, 3.63) is 0 Å². The van der Waals surface area contributed by atoms with E-state index in [1.165, 1.54) is 20.5 Å². The second kappa shape index (κ2) is 15.1. The molecule has 278 valence electrons. The molecular formula is C27H43F17N2+2. The fourth-order valence-electron chi connectivity index (χ4n) is 4.52. The molecule has 0 heterocycles. The molecule has 0 N–H and O–H groups in total. The van der Waals surface area contributed by atoms with Gasteiger partial charge in [0.1, 0.15) is 13.1 Å². The maximum Gasteiger partial charge on any atom is 0.460 e. The van der Waals surface area contributed by atoms with Gasteiger partial charge in [-0.25, -0.2) is 0 Å². The third kappa shape index (κ3) is 9.67. The number of rotatable bonds is 22. The van der Waals surface area contributed by atoms with Gasteiger partial charge in [0.25, 0.3) is 0 Å². The molecule has 2 nitrogen and oxygen atoms in total. The van der Waals surface area contributed by atoms with Crippen LogP contribution in [-0.4, -0.2) is 111 Å². The van der Waals surface area contributed by atoms with Gasteiger partial charge in [-0.2, -0.15) is 74.6 Å². The molecule has 0 rings (SSSR count). The van der Waals surface area contributed by atoms with E-state index in [-0.39, 0.29) is 11.0 Å². The van der Waals surface area contributed by atoms with Crippen LogP contribution in [0, 0.1) is 0 Å². The highest BCUT2D eigenvalue weighted by Gasteiger charge is 2.95. The molecule has 0 saturated heterocycles. The fourth-order valence-corrected chi connectivity index (χ4v) is 4.52. The second-order valence-electron chi connectivity index (χ2n) is 13.0. The Hall–Kier alpha value is -1.27. The van der Waals surface area contributed by atoms with E-state index in [1.807, 2.05) is 14.1 Å². The van der Waals surface area contributed by atoms with Crippen LogP contribution in [0.15, 0.2) is 0 Å². The topological polar surface area (TPSA) is 0 Å². The van der Waals surface area contributed by atoms with Crippen LogP contribution in [0.3, 0.4) is 0 Å². The average Bonchev–Trinajstić information content (AvgIpc) is 2.87. The lowest BCUT2D eigenvalue weighted by Crippen LogP contribution is -2.74. The van der Waals surface area contributed by atoms with Crippen LogP contribution >= 0.6 is 0 Å². The van der Waals surface area contributed by atoms with Crippen molar-refractivity contribution in [1.82, 2.24) is 0 Å². The van der Waals surface area contributed by atoms with Gasteiger partial charge < -0.3 is 8.97 Å². The third-order valence-corrected chi connectivity index (χ3v) is 7.97. The normalized spacial score (nSPS) is 15.5. The molecule has 0 fully saturated rings. The molecule has 46 heavy (non-hydrogen) atoms. The van der Waals surface area contributed by atoms with Gasteiger partial charge in [0, 0.05) is 12.8 Å². The van der Waals surface area contributed by atoms with Gasteiger partial charge in [0.05, 0.1) is 41.3 Å². The molecule has 0 radical (unpaired) electrons. The largest absolute Gasteiger partial charge is 0.460 e. The number of hydrogen-bond acceptors (Lipinski definition) is 0. The molecule has 19 heteroatoms.